The Hall–Kier alpha value is -0.560. The smallest absolute Gasteiger partial charge is 0.0612 e. The van der Waals surface area contributed by atoms with Crippen molar-refractivity contribution in [2.24, 2.45) is 0 Å². The van der Waals surface area contributed by atoms with Gasteiger partial charge in [0.15, 0.2) is 0 Å². The Kier molecular flexibility index (Phi) is 16.9. The lowest BCUT2D eigenvalue weighted by Gasteiger charge is -2.00. The normalized spacial score (nSPS) is 11.9. The summed E-state index contributed by atoms with van der Waals surface area (Å²) >= 11 is 0. The fourth-order valence-electron chi connectivity index (χ4n) is 2.16. The van der Waals surface area contributed by atoms with Crippen molar-refractivity contribution in [3.8, 4) is 0 Å². The molecule has 0 bridgehead atoms. The van der Waals surface area contributed by atoms with Gasteiger partial charge in [0.25, 0.3) is 0 Å². The SMILES string of the molecule is CCCC/C=C\CCCCCCCCC/C=C/CO. The van der Waals surface area contributed by atoms with E-state index in [1.54, 1.807) is 0 Å². The number of unbranched alkanes of at least 4 members (excludes halogenated alkanes) is 10. The number of rotatable bonds is 14. The zero-order chi connectivity index (χ0) is 14.0. The molecule has 0 aromatic rings. The van der Waals surface area contributed by atoms with Gasteiger partial charge in [-0.2, -0.15) is 0 Å². The molecule has 0 atom stereocenters. The van der Waals surface area contributed by atoms with Crippen LogP contribution in [-0.2, 0) is 0 Å². The number of aliphatic hydroxyl groups excluding tert-OH is 1. The Morgan fingerprint density at radius 3 is 1.47 bits per heavy atom. The average Bonchev–Trinajstić information content (AvgIpc) is 2.43. The van der Waals surface area contributed by atoms with E-state index in [1.807, 2.05) is 6.08 Å². The minimum absolute atomic E-state index is 0.187. The molecule has 0 heterocycles. The summed E-state index contributed by atoms with van der Waals surface area (Å²) in [6.45, 7) is 2.43. The largest absolute Gasteiger partial charge is 0.392 e. The van der Waals surface area contributed by atoms with Crippen molar-refractivity contribution in [2.45, 2.75) is 84.0 Å². The van der Waals surface area contributed by atoms with Crippen LogP contribution in [0.1, 0.15) is 84.0 Å². The predicted molar refractivity (Wildman–Crippen MR) is 86.4 cm³/mol. The summed E-state index contributed by atoms with van der Waals surface area (Å²) in [5.74, 6) is 0. The van der Waals surface area contributed by atoms with E-state index in [9.17, 15) is 0 Å². The van der Waals surface area contributed by atoms with Gasteiger partial charge in [-0.3, -0.25) is 0 Å². The monoisotopic (exact) mass is 266 g/mol. The van der Waals surface area contributed by atoms with Gasteiger partial charge in [-0.05, 0) is 32.1 Å². The van der Waals surface area contributed by atoms with Crippen molar-refractivity contribution in [1.29, 1.82) is 0 Å². The van der Waals surface area contributed by atoms with Gasteiger partial charge in [0.1, 0.15) is 0 Å². The molecule has 19 heavy (non-hydrogen) atoms. The van der Waals surface area contributed by atoms with Crippen LogP contribution in [0.4, 0.5) is 0 Å². The summed E-state index contributed by atoms with van der Waals surface area (Å²) in [5.41, 5.74) is 0. The van der Waals surface area contributed by atoms with E-state index in [0.717, 1.165) is 6.42 Å². The standard InChI is InChI=1S/C18H34O/c1-2-3-4-5-6-7-8-9-10-11-12-13-14-15-16-17-18-19/h5-6,16-17,19H,2-4,7-15,18H2,1H3/b6-5-,17-16+. The quantitative estimate of drug-likeness (QED) is 0.311. The summed E-state index contributed by atoms with van der Waals surface area (Å²) in [7, 11) is 0. The first-order valence-electron chi connectivity index (χ1n) is 8.32. The highest BCUT2D eigenvalue weighted by molar-refractivity contribution is 4.81. The van der Waals surface area contributed by atoms with E-state index in [1.165, 1.54) is 70.6 Å². The van der Waals surface area contributed by atoms with Crippen LogP contribution in [0, 0.1) is 0 Å². The molecule has 0 saturated carbocycles. The summed E-state index contributed by atoms with van der Waals surface area (Å²) in [4.78, 5) is 0. The van der Waals surface area contributed by atoms with Crippen LogP contribution in [-0.4, -0.2) is 11.7 Å². The van der Waals surface area contributed by atoms with E-state index < -0.39 is 0 Å². The molecular formula is C18H34O. The Bertz CT molecular complexity index is 206. The second kappa shape index (κ2) is 17.4. The number of hydrogen-bond donors (Lipinski definition) is 1. The molecule has 0 aliphatic carbocycles. The molecule has 0 unspecified atom stereocenters. The molecule has 0 fully saturated rings. The highest BCUT2D eigenvalue weighted by Gasteiger charge is 1.90. The van der Waals surface area contributed by atoms with E-state index in [0.29, 0.717) is 0 Å². The maximum absolute atomic E-state index is 8.58. The van der Waals surface area contributed by atoms with Crippen LogP contribution >= 0.6 is 0 Å². The second-order valence-corrected chi connectivity index (χ2v) is 5.32. The van der Waals surface area contributed by atoms with Crippen LogP contribution in [0.15, 0.2) is 24.3 Å². The first kappa shape index (κ1) is 18.4. The Balaban J connectivity index is 3.02. The highest BCUT2D eigenvalue weighted by Crippen LogP contribution is 2.10. The van der Waals surface area contributed by atoms with Crippen LogP contribution < -0.4 is 0 Å². The van der Waals surface area contributed by atoms with Crippen molar-refractivity contribution in [2.75, 3.05) is 6.61 Å². The first-order valence-corrected chi connectivity index (χ1v) is 8.32. The van der Waals surface area contributed by atoms with Crippen LogP contribution in [0.5, 0.6) is 0 Å². The molecule has 0 saturated heterocycles. The molecule has 0 aliphatic heterocycles. The van der Waals surface area contributed by atoms with Crippen molar-refractivity contribution < 1.29 is 5.11 Å². The predicted octanol–water partition coefficient (Wildman–Crippen LogP) is 5.79. The van der Waals surface area contributed by atoms with E-state index in [2.05, 4.69) is 25.2 Å². The third-order valence-corrected chi connectivity index (χ3v) is 3.40. The summed E-state index contributed by atoms with van der Waals surface area (Å²) in [6, 6.07) is 0. The van der Waals surface area contributed by atoms with Gasteiger partial charge >= 0.3 is 0 Å². The van der Waals surface area contributed by atoms with Crippen molar-refractivity contribution in [1.82, 2.24) is 0 Å². The molecule has 0 aliphatic rings. The van der Waals surface area contributed by atoms with Crippen molar-refractivity contribution >= 4 is 0 Å². The Labute approximate surface area is 120 Å². The second-order valence-electron chi connectivity index (χ2n) is 5.32. The lowest BCUT2D eigenvalue weighted by Crippen LogP contribution is -1.80. The first-order chi connectivity index (χ1) is 9.41. The molecule has 0 aromatic carbocycles. The van der Waals surface area contributed by atoms with Crippen molar-refractivity contribution in [3.05, 3.63) is 24.3 Å². The molecule has 1 N–H and O–H groups in total. The number of hydrogen-bond acceptors (Lipinski definition) is 1. The minimum Gasteiger partial charge on any atom is -0.392 e. The summed E-state index contributed by atoms with van der Waals surface area (Å²) < 4.78 is 0. The molecule has 1 nitrogen and oxygen atoms in total. The number of allylic oxidation sites excluding steroid dienone is 3. The zero-order valence-corrected chi connectivity index (χ0v) is 12.9. The summed E-state index contributed by atoms with van der Waals surface area (Å²) in [5, 5.41) is 8.58. The van der Waals surface area contributed by atoms with Gasteiger partial charge < -0.3 is 5.11 Å². The van der Waals surface area contributed by atoms with Gasteiger partial charge in [0, 0.05) is 0 Å². The maximum atomic E-state index is 8.58. The van der Waals surface area contributed by atoms with E-state index in [-0.39, 0.29) is 6.61 Å². The molecule has 0 aromatic heterocycles. The third kappa shape index (κ3) is 17.4. The topological polar surface area (TPSA) is 20.2 Å². The van der Waals surface area contributed by atoms with Crippen LogP contribution in [0.3, 0.4) is 0 Å². The molecule has 112 valence electrons. The molecular weight excluding hydrogens is 232 g/mol. The fourth-order valence-corrected chi connectivity index (χ4v) is 2.16. The maximum Gasteiger partial charge on any atom is 0.0612 e. The lowest BCUT2D eigenvalue weighted by atomic mass is 10.1. The van der Waals surface area contributed by atoms with Gasteiger partial charge in [-0.15, -0.1) is 0 Å². The van der Waals surface area contributed by atoms with Gasteiger partial charge in [0.05, 0.1) is 6.61 Å². The fraction of sp³-hybridized carbons (Fsp3) is 0.778. The molecule has 1 heteroatoms. The minimum atomic E-state index is 0.187. The van der Waals surface area contributed by atoms with Crippen LogP contribution in [0.2, 0.25) is 0 Å². The summed E-state index contributed by atoms with van der Waals surface area (Å²) in [6.07, 6.45) is 24.5. The lowest BCUT2D eigenvalue weighted by molar-refractivity contribution is 0.342. The van der Waals surface area contributed by atoms with Gasteiger partial charge in [0.2, 0.25) is 0 Å². The Morgan fingerprint density at radius 2 is 1.00 bits per heavy atom. The average molecular weight is 266 g/mol. The number of aliphatic hydroxyl groups is 1. The van der Waals surface area contributed by atoms with Gasteiger partial charge in [-0.1, -0.05) is 76.2 Å². The van der Waals surface area contributed by atoms with E-state index in [4.69, 9.17) is 5.11 Å². The Morgan fingerprint density at radius 1 is 0.579 bits per heavy atom. The molecule has 0 spiro atoms. The zero-order valence-electron chi connectivity index (χ0n) is 12.9. The molecule has 0 amide bonds. The van der Waals surface area contributed by atoms with Crippen LogP contribution in [0.25, 0.3) is 0 Å². The molecule has 0 radical (unpaired) electrons. The van der Waals surface area contributed by atoms with Gasteiger partial charge in [-0.25, -0.2) is 0 Å². The van der Waals surface area contributed by atoms with E-state index >= 15 is 0 Å². The third-order valence-electron chi connectivity index (χ3n) is 3.40. The van der Waals surface area contributed by atoms with Crippen molar-refractivity contribution in [3.63, 3.8) is 0 Å². The highest BCUT2D eigenvalue weighted by atomic mass is 16.2. The molecule has 0 rings (SSSR count).